The molecule has 4 fully saturated rings. The summed E-state index contributed by atoms with van der Waals surface area (Å²) in [4.78, 5) is 14.5. The Morgan fingerprint density at radius 2 is 2.05 bits per heavy atom. The minimum Gasteiger partial charge on any atom is -0.381 e. The van der Waals surface area contributed by atoms with E-state index in [0.717, 1.165) is 51.0 Å². The zero-order valence-corrected chi connectivity index (χ0v) is 13.0. The van der Waals surface area contributed by atoms with Gasteiger partial charge in [-0.1, -0.05) is 32.1 Å². The first-order valence-corrected chi connectivity index (χ1v) is 8.89. The number of carbonyl (C=O) groups excluding carboxylic acids is 1. The molecule has 0 bridgehead atoms. The molecule has 2 saturated heterocycles. The molecule has 4 nitrogen and oxygen atoms in total. The van der Waals surface area contributed by atoms with Gasteiger partial charge in [0, 0.05) is 31.2 Å². The standard InChI is InChI=1S/C17H28N2O2/c20-16(19-8-6-17(11-19)7-9-21-12-17)18-15-10-14(15)13-4-2-1-3-5-13/h13-15H,1-12H2,(H,18,20). The fraction of sp³-hybridized carbons (Fsp3) is 0.941. The van der Waals surface area contributed by atoms with E-state index in [9.17, 15) is 4.79 Å². The highest BCUT2D eigenvalue weighted by Crippen LogP contribution is 2.44. The molecule has 2 heterocycles. The van der Waals surface area contributed by atoms with Crippen molar-refractivity contribution in [3.63, 3.8) is 0 Å². The number of nitrogens with one attached hydrogen (secondary N) is 1. The molecule has 4 heteroatoms. The van der Waals surface area contributed by atoms with Crippen LogP contribution in [0.3, 0.4) is 0 Å². The average Bonchev–Trinajstić information content (AvgIpc) is 2.95. The van der Waals surface area contributed by atoms with Gasteiger partial charge in [-0.2, -0.15) is 0 Å². The van der Waals surface area contributed by atoms with Crippen LogP contribution >= 0.6 is 0 Å². The lowest BCUT2D eigenvalue weighted by Crippen LogP contribution is -2.41. The number of hydrogen-bond donors (Lipinski definition) is 1. The van der Waals surface area contributed by atoms with Crippen molar-refractivity contribution in [2.24, 2.45) is 17.3 Å². The monoisotopic (exact) mass is 292 g/mol. The number of nitrogens with zero attached hydrogens (tertiary/aromatic N) is 1. The maximum Gasteiger partial charge on any atom is 0.317 e. The van der Waals surface area contributed by atoms with Crippen LogP contribution in [0.4, 0.5) is 4.79 Å². The van der Waals surface area contributed by atoms with Gasteiger partial charge in [-0.15, -0.1) is 0 Å². The summed E-state index contributed by atoms with van der Waals surface area (Å²) in [5.41, 5.74) is 0.281. The SMILES string of the molecule is O=C(NC1CC1C1CCCCC1)N1CCC2(CCOC2)C1. The molecule has 2 aliphatic heterocycles. The van der Waals surface area contributed by atoms with Gasteiger partial charge in [-0.25, -0.2) is 4.79 Å². The van der Waals surface area contributed by atoms with Gasteiger partial charge in [0.1, 0.15) is 0 Å². The van der Waals surface area contributed by atoms with Crippen molar-refractivity contribution in [1.29, 1.82) is 0 Å². The predicted octanol–water partition coefficient (Wildman–Crippen LogP) is 2.78. The Morgan fingerprint density at radius 1 is 1.19 bits per heavy atom. The second-order valence-electron chi connectivity index (χ2n) is 7.83. The molecule has 21 heavy (non-hydrogen) atoms. The summed E-state index contributed by atoms with van der Waals surface area (Å²) in [6.45, 7) is 3.54. The molecule has 2 aliphatic carbocycles. The lowest BCUT2D eigenvalue weighted by molar-refractivity contribution is 0.152. The summed E-state index contributed by atoms with van der Waals surface area (Å²) in [5.74, 6) is 1.66. The van der Waals surface area contributed by atoms with E-state index in [1.54, 1.807) is 0 Å². The molecule has 1 spiro atoms. The number of urea groups is 1. The van der Waals surface area contributed by atoms with E-state index in [1.807, 2.05) is 4.90 Å². The Kier molecular flexibility index (Phi) is 3.60. The molecule has 3 atom stereocenters. The highest BCUT2D eigenvalue weighted by Gasteiger charge is 2.46. The molecule has 2 saturated carbocycles. The Hall–Kier alpha value is -0.770. The molecule has 3 unspecified atom stereocenters. The largest absolute Gasteiger partial charge is 0.381 e. The third-order valence-electron chi connectivity index (χ3n) is 6.31. The van der Waals surface area contributed by atoms with Gasteiger partial charge in [-0.3, -0.25) is 0 Å². The molecule has 4 aliphatic rings. The molecule has 118 valence electrons. The van der Waals surface area contributed by atoms with E-state index >= 15 is 0 Å². The van der Waals surface area contributed by atoms with Gasteiger partial charge in [0.05, 0.1) is 6.61 Å². The van der Waals surface area contributed by atoms with E-state index in [-0.39, 0.29) is 11.4 Å². The zero-order valence-electron chi connectivity index (χ0n) is 13.0. The summed E-state index contributed by atoms with van der Waals surface area (Å²) in [5, 5.41) is 3.30. The number of likely N-dealkylation sites (tertiary alicyclic amines) is 1. The minimum atomic E-state index is 0.182. The van der Waals surface area contributed by atoms with Crippen LogP contribution in [0.1, 0.15) is 51.4 Å². The number of carbonyl (C=O) groups is 1. The van der Waals surface area contributed by atoms with Crippen LogP contribution in [0.2, 0.25) is 0 Å². The van der Waals surface area contributed by atoms with Gasteiger partial charge in [0.2, 0.25) is 0 Å². The quantitative estimate of drug-likeness (QED) is 0.850. The van der Waals surface area contributed by atoms with Gasteiger partial charge in [0.15, 0.2) is 0 Å². The fourth-order valence-corrected chi connectivity index (χ4v) is 4.79. The Bertz CT molecular complexity index is 400. The summed E-state index contributed by atoms with van der Waals surface area (Å²) in [6, 6.07) is 0.652. The number of rotatable bonds is 2. The van der Waals surface area contributed by atoms with Crippen LogP contribution in [0, 0.1) is 17.3 Å². The van der Waals surface area contributed by atoms with Crippen LogP contribution in [0.25, 0.3) is 0 Å². The van der Waals surface area contributed by atoms with E-state index in [1.165, 1.54) is 38.5 Å². The maximum atomic E-state index is 12.4. The van der Waals surface area contributed by atoms with Crippen molar-refractivity contribution in [2.75, 3.05) is 26.3 Å². The average molecular weight is 292 g/mol. The van der Waals surface area contributed by atoms with Crippen LogP contribution in [-0.2, 0) is 4.74 Å². The molecule has 0 aromatic heterocycles. The van der Waals surface area contributed by atoms with Crippen LogP contribution in [0.5, 0.6) is 0 Å². The van der Waals surface area contributed by atoms with Crippen molar-refractivity contribution in [1.82, 2.24) is 10.2 Å². The third-order valence-corrected chi connectivity index (χ3v) is 6.31. The normalized spacial score (nSPS) is 39.9. The smallest absolute Gasteiger partial charge is 0.317 e. The lowest BCUT2D eigenvalue weighted by atomic mass is 9.85. The third kappa shape index (κ3) is 2.79. The first-order valence-electron chi connectivity index (χ1n) is 8.89. The van der Waals surface area contributed by atoms with Crippen LogP contribution < -0.4 is 5.32 Å². The number of hydrogen-bond acceptors (Lipinski definition) is 2. The van der Waals surface area contributed by atoms with Gasteiger partial charge >= 0.3 is 6.03 Å². The van der Waals surface area contributed by atoms with Crippen LogP contribution in [0.15, 0.2) is 0 Å². The van der Waals surface area contributed by atoms with E-state index < -0.39 is 0 Å². The van der Waals surface area contributed by atoms with Crippen molar-refractivity contribution in [2.45, 2.75) is 57.4 Å². The van der Waals surface area contributed by atoms with Gasteiger partial charge in [0.25, 0.3) is 0 Å². The molecule has 0 radical (unpaired) electrons. The van der Waals surface area contributed by atoms with Crippen LogP contribution in [-0.4, -0.2) is 43.3 Å². The van der Waals surface area contributed by atoms with Crippen molar-refractivity contribution in [3.8, 4) is 0 Å². The highest BCUT2D eigenvalue weighted by molar-refractivity contribution is 5.75. The van der Waals surface area contributed by atoms with Crippen molar-refractivity contribution in [3.05, 3.63) is 0 Å². The van der Waals surface area contributed by atoms with Crippen molar-refractivity contribution < 1.29 is 9.53 Å². The number of ether oxygens (including phenoxy) is 1. The zero-order chi connectivity index (χ0) is 14.3. The molecular weight excluding hydrogens is 264 g/mol. The molecule has 2 amide bonds. The minimum absolute atomic E-state index is 0.182. The van der Waals surface area contributed by atoms with Crippen molar-refractivity contribution >= 4 is 6.03 Å². The topological polar surface area (TPSA) is 41.6 Å². The molecule has 0 aromatic carbocycles. The summed E-state index contributed by atoms with van der Waals surface area (Å²) in [6.07, 6.45) is 10.5. The Morgan fingerprint density at radius 3 is 2.81 bits per heavy atom. The Labute approximate surface area is 127 Å². The fourth-order valence-electron chi connectivity index (χ4n) is 4.79. The van der Waals surface area contributed by atoms with E-state index in [2.05, 4.69) is 5.32 Å². The van der Waals surface area contributed by atoms with E-state index in [0.29, 0.717) is 6.04 Å². The second-order valence-corrected chi connectivity index (χ2v) is 7.83. The van der Waals surface area contributed by atoms with E-state index in [4.69, 9.17) is 4.74 Å². The van der Waals surface area contributed by atoms with Gasteiger partial charge < -0.3 is 15.0 Å². The molecule has 1 N–H and O–H groups in total. The number of amides is 2. The summed E-state index contributed by atoms with van der Waals surface area (Å²) >= 11 is 0. The lowest BCUT2D eigenvalue weighted by Gasteiger charge is -2.24. The molecule has 4 rings (SSSR count). The van der Waals surface area contributed by atoms with Gasteiger partial charge in [-0.05, 0) is 31.1 Å². The summed E-state index contributed by atoms with van der Waals surface area (Å²) in [7, 11) is 0. The Balaban J connectivity index is 1.25. The summed E-state index contributed by atoms with van der Waals surface area (Å²) < 4.78 is 5.54. The molecule has 0 aromatic rings. The first kappa shape index (κ1) is 13.9. The predicted molar refractivity (Wildman–Crippen MR) is 81.1 cm³/mol. The second kappa shape index (κ2) is 5.45. The maximum absolute atomic E-state index is 12.4. The molecular formula is C17H28N2O2. The first-order chi connectivity index (χ1) is 10.3. The highest BCUT2D eigenvalue weighted by atomic mass is 16.5.